The van der Waals surface area contributed by atoms with Gasteiger partial charge < -0.3 is 19.9 Å². The maximum atomic E-state index is 12.3. The minimum Gasteiger partial charge on any atom is -0.475 e. The van der Waals surface area contributed by atoms with E-state index >= 15 is 0 Å². The largest absolute Gasteiger partial charge is 0.475 e. The summed E-state index contributed by atoms with van der Waals surface area (Å²) in [7, 11) is 3.52. The summed E-state index contributed by atoms with van der Waals surface area (Å²) >= 11 is 0. The lowest BCUT2D eigenvalue weighted by atomic mass is 10.2. The van der Waals surface area contributed by atoms with E-state index in [1.54, 1.807) is 31.3 Å². The normalized spacial score (nSPS) is 18.7. The third-order valence-electron chi connectivity index (χ3n) is 3.20. The molecule has 0 aromatic carbocycles. The Bertz CT molecular complexity index is 492. The molecule has 0 saturated carbocycles. The quantitative estimate of drug-likeness (QED) is 0.851. The Labute approximate surface area is 125 Å². The van der Waals surface area contributed by atoms with Gasteiger partial charge in [-0.15, -0.1) is 0 Å². The Morgan fingerprint density at radius 1 is 1.52 bits per heavy atom. The Balaban J connectivity index is 2.23. The van der Waals surface area contributed by atoms with Crippen molar-refractivity contribution >= 4 is 11.9 Å². The first kappa shape index (κ1) is 15.5. The first-order valence-electron chi connectivity index (χ1n) is 7.17. The summed E-state index contributed by atoms with van der Waals surface area (Å²) in [4.78, 5) is 24.6. The van der Waals surface area contributed by atoms with Crippen LogP contribution in [0.2, 0.25) is 0 Å². The number of amides is 1. The summed E-state index contributed by atoms with van der Waals surface area (Å²) in [6.07, 6.45) is 1.72. The van der Waals surface area contributed by atoms with Gasteiger partial charge in [-0.1, -0.05) is 0 Å². The first-order valence-corrected chi connectivity index (χ1v) is 7.17. The lowest BCUT2D eigenvalue weighted by Gasteiger charge is -2.36. The molecule has 0 radical (unpaired) electrons. The number of carbonyl (C=O) groups excluding carboxylic acids is 1. The van der Waals surface area contributed by atoms with Crippen LogP contribution in [0.15, 0.2) is 12.3 Å². The predicted molar refractivity (Wildman–Crippen MR) is 80.5 cm³/mol. The van der Waals surface area contributed by atoms with E-state index in [-0.39, 0.29) is 18.1 Å². The molecular weight excluding hydrogens is 270 g/mol. The monoisotopic (exact) mass is 293 g/mol. The molecule has 1 unspecified atom stereocenters. The Hall–Kier alpha value is -1.89. The summed E-state index contributed by atoms with van der Waals surface area (Å²) < 4.78 is 5.60. The van der Waals surface area contributed by atoms with E-state index in [4.69, 9.17) is 4.74 Å². The molecule has 1 atom stereocenters. The van der Waals surface area contributed by atoms with Crippen molar-refractivity contribution < 1.29 is 9.53 Å². The molecular formula is C14H23N5O2. The van der Waals surface area contributed by atoms with Crippen LogP contribution in [-0.4, -0.2) is 66.7 Å². The minimum atomic E-state index is -0.289. The van der Waals surface area contributed by atoms with Gasteiger partial charge in [0.1, 0.15) is 6.04 Å². The predicted octanol–water partition coefficient (Wildman–Crippen LogP) is 0.130. The second-order valence-corrected chi connectivity index (χ2v) is 5.51. The van der Waals surface area contributed by atoms with Crippen molar-refractivity contribution in [3.63, 3.8) is 0 Å². The average Bonchev–Trinajstić information content (AvgIpc) is 2.46. The zero-order valence-corrected chi connectivity index (χ0v) is 13.0. The van der Waals surface area contributed by atoms with Crippen LogP contribution in [0.4, 0.5) is 5.95 Å². The van der Waals surface area contributed by atoms with Gasteiger partial charge in [0, 0.05) is 46.0 Å². The fraction of sp³-hybridized carbons (Fsp3) is 0.643. The molecule has 0 spiro atoms. The van der Waals surface area contributed by atoms with Gasteiger partial charge in [0.05, 0.1) is 6.10 Å². The highest BCUT2D eigenvalue weighted by molar-refractivity contribution is 5.85. The van der Waals surface area contributed by atoms with Gasteiger partial charge in [-0.25, -0.2) is 4.98 Å². The third kappa shape index (κ3) is 3.81. The number of aromatic nitrogens is 2. The summed E-state index contributed by atoms with van der Waals surface area (Å²) in [6.45, 7) is 5.98. The lowest BCUT2D eigenvalue weighted by molar-refractivity contribution is -0.130. The van der Waals surface area contributed by atoms with Crippen LogP contribution < -0.4 is 15.0 Å². The SMILES string of the molecule is CC(C)Oc1ccnc(N2CCNCC2C(=O)N(C)C)n1. The average molecular weight is 293 g/mol. The standard InChI is InChI=1S/C14H23N5O2/c1-10(2)21-12-5-6-16-14(17-12)19-8-7-15-9-11(19)13(20)18(3)4/h5-6,10-11,15H,7-9H2,1-4H3. The number of carbonyl (C=O) groups is 1. The fourth-order valence-electron chi connectivity index (χ4n) is 2.24. The van der Waals surface area contributed by atoms with Gasteiger partial charge in [0.15, 0.2) is 0 Å². The molecule has 1 aliphatic heterocycles. The molecule has 7 heteroatoms. The Morgan fingerprint density at radius 2 is 2.29 bits per heavy atom. The van der Waals surface area contributed by atoms with Gasteiger partial charge in [0.25, 0.3) is 0 Å². The van der Waals surface area contributed by atoms with Crippen molar-refractivity contribution in [2.24, 2.45) is 0 Å². The molecule has 1 aromatic heterocycles. The number of likely N-dealkylation sites (N-methyl/N-ethyl adjacent to an activating group) is 1. The molecule has 1 aliphatic rings. The second kappa shape index (κ2) is 6.71. The second-order valence-electron chi connectivity index (χ2n) is 5.51. The van der Waals surface area contributed by atoms with Crippen molar-refractivity contribution in [2.45, 2.75) is 26.0 Å². The number of hydrogen-bond donors (Lipinski definition) is 1. The van der Waals surface area contributed by atoms with Gasteiger partial charge in [-0.05, 0) is 13.8 Å². The van der Waals surface area contributed by atoms with E-state index in [1.165, 1.54) is 0 Å². The van der Waals surface area contributed by atoms with Crippen molar-refractivity contribution in [1.29, 1.82) is 0 Å². The number of piperazine rings is 1. The molecule has 1 aromatic rings. The molecule has 2 rings (SSSR count). The van der Waals surface area contributed by atoms with E-state index in [2.05, 4.69) is 15.3 Å². The summed E-state index contributed by atoms with van der Waals surface area (Å²) in [5, 5.41) is 3.24. The molecule has 2 heterocycles. The highest BCUT2D eigenvalue weighted by Gasteiger charge is 2.31. The number of hydrogen-bond acceptors (Lipinski definition) is 6. The molecule has 1 saturated heterocycles. The molecule has 116 valence electrons. The molecule has 21 heavy (non-hydrogen) atoms. The van der Waals surface area contributed by atoms with Crippen molar-refractivity contribution in [3.05, 3.63) is 12.3 Å². The maximum Gasteiger partial charge on any atom is 0.246 e. The van der Waals surface area contributed by atoms with Gasteiger partial charge in [0.2, 0.25) is 17.7 Å². The van der Waals surface area contributed by atoms with E-state index < -0.39 is 0 Å². The third-order valence-corrected chi connectivity index (χ3v) is 3.20. The van der Waals surface area contributed by atoms with Crippen molar-refractivity contribution in [3.8, 4) is 5.88 Å². The summed E-state index contributed by atoms with van der Waals surface area (Å²) in [5.74, 6) is 1.11. The number of nitrogens with zero attached hydrogens (tertiary/aromatic N) is 4. The van der Waals surface area contributed by atoms with E-state index in [0.29, 0.717) is 24.9 Å². The van der Waals surface area contributed by atoms with Crippen molar-refractivity contribution in [2.75, 3.05) is 38.6 Å². The molecule has 0 aliphatic carbocycles. The van der Waals surface area contributed by atoms with Crippen LogP contribution in [0.3, 0.4) is 0 Å². The lowest BCUT2D eigenvalue weighted by Crippen LogP contribution is -2.58. The molecule has 7 nitrogen and oxygen atoms in total. The highest BCUT2D eigenvalue weighted by atomic mass is 16.5. The van der Waals surface area contributed by atoms with Gasteiger partial charge in [-0.3, -0.25) is 4.79 Å². The van der Waals surface area contributed by atoms with Crippen LogP contribution in [-0.2, 0) is 4.79 Å². The highest BCUT2D eigenvalue weighted by Crippen LogP contribution is 2.18. The Morgan fingerprint density at radius 3 is 2.95 bits per heavy atom. The zero-order chi connectivity index (χ0) is 15.4. The topological polar surface area (TPSA) is 70.6 Å². The van der Waals surface area contributed by atoms with Crippen LogP contribution in [0.1, 0.15) is 13.8 Å². The Kier molecular flexibility index (Phi) is 4.95. The fourth-order valence-corrected chi connectivity index (χ4v) is 2.24. The van der Waals surface area contributed by atoms with Crippen LogP contribution in [0.25, 0.3) is 0 Å². The summed E-state index contributed by atoms with van der Waals surface area (Å²) in [5.41, 5.74) is 0. The van der Waals surface area contributed by atoms with Crippen LogP contribution >= 0.6 is 0 Å². The van der Waals surface area contributed by atoms with E-state index in [9.17, 15) is 4.79 Å². The van der Waals surface area contributed by atoms with Gasteiger partial charge in [-0.2, -0.15) is 4.98 Å². The van der Waals surface area contributed by atoms with Crippen molar-refractivity contribution in [1.82, 2.24) is 20.2 Å². The van der Waals surface area contributed by atoms with Crippen LogP contribution in [0, 0.1) is 0 Å². The number of ether oxygens (including phenoxy) is 1. The van der Waals surface area contributed by atoms with Crippen LogP contribution in [0.5, 0.6) is 5.88 Å². The molecule has 1 N–H and O–H groups in total. The summed E-state index contributed by atoms with van der Waals surface area (Å²) in [6, 6.07) is 1.44. The molecule has 1 fully saturated rings. The number of nitrogens with one attached hydrogen (secondary N) is 1. The smallest absolute Gasteiger partial charge is 0.246 e. The zero-order valence-electron chi connectivity index (χ0n) is 13.0. The minimum absolute atomic E-state index is 0.0426. The molecule has 1 amide bonds. The maximum absolute atomic E-state index is 12.3. The van der Waals surface area contributed by atoms with E-state index in [1.807, 2.05) is 18.7 Å². The van der Waals surface area contributed by atoms with E-state index in [0.717, 1.165) is 6.54 Å². The number of rotatable bonds is 4. The first-order chi connectivity index (χ1) is 9.99. The molecule has 0 bridgehead atoms. The number of anilines is 1. The van der Waals surface area contributed by atoms with Gasteiger partial charge >= 0.3 is 0 Å².